The van der Waals surface area contributed by atoms with Gasteiger partial charge in [-0.3, -0.25) is 23.9 Å². The quantitative estimate of drug-likeness (QED) is 0.448. The number of carbonyl (C=O) groups is 2. The van der Waals surface area contributed by atoms with E-state index in [2.05, 4.69) is 0 Å². The zero-order valence-corrected chi connectivity index (χ0v) is 12.1. The lowest BCUT2D eigenvalue weighted by Crippen LogP contribution is -2.36. The Balaban J connectivity index is 2.09. The van der Waals surface area contributed by atoms with Crippen LogP contribution < -0.4 is 17.0 Å². The van der Waals surface area contributed by atoms with Crippen LogP contribution in [0.25, 0.3) is 0 Å². The molecule has 8 nitrogen and oxygen atoms in total. The number of aromatic amines is 1. The van der Waals surface area contributed by atoms with Crippen LogP contribution in [0.2, 0.25) is 0 Å². The van der Waals surface area contributed by atoms with Crippen molar-refractivity contribution in [1.82, 2.24) is 9.55 Å². The first-order chi connectivity index (χ1) is 10.4. The maximum atomic E-state index is 12.0. The number of H-pyrrole nitrogens is 1. The number of nitrogens with two attached hydrogens (primary N) is 1. The molecule has 3 N–H and O–H groups in total. The largest absolute Gasteiger partial charge is 0.457 e. The number of hydrogen-bond donors (Lipinski definition) is 2. The Bertz CT molecular complexity index is 744. The van der Waals surface area contributed by atoms with Gasteiger partial charge in [0.15, 0.2) is 6.61 Å². The molecule has 8 heteroatoms. The van der Waals surface area contributed by atoms with Crippen LogP contribution in [-0.2, 0) is 16.6 Å². The van der Waals surface area contributed by atoms with Gasteiger partial charge < -0.3 is 10.5 Å². The van der Waals surface area contributed by atoms with Gasteiger partial charge in [-0.25, -0.2) is 4.79 Å². The Morgan fingerprint density at radius 1 is 1.41 bits per heavy atom. The van der Waals surface area contributed by atoms with Crippen molar-refractivity contribution in [3.8, 4) is 0 Å². The number of allylic oxidation sites excluding steroid dienone is 2. The molecule has 0 saturated heterocycles. The summed E-state index contributed by atoms with van der Waals surface area (Å²) in [6.45, 7) is -0.579. The molecule has 1 aliphatic carbocycles. The van der Waals surface area contributed by atoms with Crippen molar-refractivity contribution < 1.29 is 14.3 Å². The first kappa shape index (κ1) is 15.7. The van der Waals surface area contributed by atoms with Crippen molar-refractivity contribution in [1.29, 1.82) is 0 Å². The third-order valence-corrected chi connectivity index (χ3v) is 3.60. The predicted octanol–water partition coefficient (Wildman–Crippen LogP) is -0.262. The molecule has 1 aromatic rings. The van der Waals surface area contributed by atoms with Gasteiger partial charge in [0.1, 0.15) is 11.4 Å². The number of ether oxygens (including phenoxy) is 1. The van der Waals surface area contributed by atoms with Crippen LogP contribution >= 0.6 is 0 Å². The van der Waals surface area contributed by atoms with E-state index in [0.717, 1.165) is 11.0 Å². The number of hydrogen-bond acceptors (Lipinski definition) is 6. The molecule has 0 amide bonds. The number of rotatable bonds is 4. The van der Waals surface area contributed by atoms with Crippen molar-refractivity contribution >= 4 is 17.6 Å². The number of ketones is 1. The Morgan fingerprint density at radius 2 is 2.14 bits per heavy atom. The Kier molecular flexibility index (Phi) is 4.59. The van der Waals surface area contributed by atoms with Gasteiger partial charge in [0.05, 0.1) is 5.92 Å². The van der Waals surface area contributed by atoms with Gasteiger partial charge in [-0.2, -0.15) is 0 Å². The number of nitrogens with one attached hydrogen (secondary N) is 1. The van der Waals surface area contributed by atoms with Crippen LogP contribution in [0.5, 0.6) is 0 Å². The minimum absolute atomic E-state index is 0.254. The molecule has 22 heavy (non-hydrogen) atoms. The van der Waals surface area contributed by atoms with Crippen molar-refractivity contribution in [2.24, 2.45) is 13.0 Å². The Labute approximate surface area is 125 Å². The van der Waals surface area contributed by atoms with Crippen molar-refractivity contribution in [2.45, 2.75) is 19.3 Å². The number of nitrogens with zero attached hydrogens (tertiary/aromatic N) is 1. The number of carbonyl (C=O) groups excluding carboxylic acids is 2. The van der Waals surface area contributed by atoms with Gasteiger partial charge in [0.25, 0.3) is 5.56 Å². The average molecular weight is 307 g/mol. The number of anilines is 1. The summed E-state index contributed by atoms with van der Waals surface area (Å²) in [4.78, 5) is 48.9. The zero-order valence-electron chi connectivity index (χ0n) is 12.1. The van der Waals surface area contributed by atoms with Crippen molar-refractivity contribution in [2.75, 3.05) is 12.3 Å². The molecule has 118 valence electrons. The lowest BCUT2D eigenvalue weighted by molar-refractivity contribution is -0.147. The molecule has 0 saturated carbocycles. The van der Waals surface area contributed by atoms with E-state index >= 15 is 0 Å². The molecule has 1 aromatic heterocycles. The second kappa shape index (κ2) is 6.42. The van der Waals surface area contributed by atoms with Crippen LogP contribution in [0.15, 0.2) is 21.7 Å². The van der Waals surface area contributed by atoms with Gasteiger partial charge in [-0.15, -0.1) is 0 Å². The molecule has 1 heterocycles. The van der Waals surface area contributed by atoms with Gasteiger partial charge in [-0.1, -0.05) is 12.2 Å². The topological polar surface area (TPSA) is 124 Å². The first-order valence-corrected chi connectivity index (χ1v) is 6.85. The molecule has 0 unspecified atom stereocenters. The molecule has 0 spiro atoms. The van der Waals surface area contributed by atoms with E-state index in [4.69, 9.17) is 10.5 Å². The molecule has 0 aliphatic heterocycles. The minimum atomic E-state index is -0.887. The third-order valence-electron chi connectivity index (χ3n) is 3.60. The summed E-state index contributed by atoms with van der Waals surface area (Å²) in [7, 11) is 1.32. The molecule has 0 aromatic carbocycles. The Morgan fingerprint density at radius 3 is 2.77 bits per heavy atom. The predicted molar refractivity (Wildman–Crippen MR) is 78.5 cm³/mol. The number of Topliss-reactive ketones (excluding diaryl/α,β-unsaturated/α-hetero) is 1. The van der Waals surface area contributed by atoms with Crippen LogP contribution in [0.1, 0.15) is 29.6 Å². The summed E-state index contributed by atoms with van der Waals surface area (Å²) in [5.74, 6) is -1.74. The highest BCUT2D eigenvalue weighted by molar-refractivity contribution is 6.01. The summed E-state index contributed by atoms with van der Waals surface area (Å²) in [6.07, 6.45) is 5.93. The SMILES string of the molecule is Cn1c(N)c(C(=O)COC(=O)[C@@H]2CC=CCC2)c(=O)[nH]c1=O. The lowest BCUT2D eigenvalue weighted by atomic mass is 9.95. The van der Waals surface area contributed by atoms with E-state index in [0.29, 0.717) is 12.8 Å². The molecule has 0 fully saturated rings. The van der Waals surface area contributed by atoms with Crippen LogP contribution in [0, 0.1) is 5.92 Å². The standard InChI is InChI=1S/C14H17N3O5/c1-17-11(15)10(12(19)16-14(17)21)9(18)7-22-13(20)8-5-3-2-4-6-8/h2-3,8H,4-7,15H2,1H3,(H,16,19,21)/t8-/m1/s1. The van der Waals surface area contributed by atoms with E-state index in [1.54, 1.807) is 0 Å². The number of aromatic nitrogens is 2. The normalized spacial score (nSPS) is 17.2. The molecular formula is C14H17N3O5. The lowest BCUT2D eigenvalue weighted by Gasteiger charge is -2.16. The zero-order chi connectivity index (χ0) is 16.3. The van der Waals surface area contributed by atoms with Crippen LogP contribution in [0.3, 0.4) is 0 Å². The minimum Gasteiger partial charge on any atom is -0.457 e. The monoisotopic (exact) mass is 307 g/mol. The van der Waals surface area contributed by atoms with E-state index in [9.17, 15) is 19.2 Å². The van der Waals surface area contributed by atoms with Crippen LogP contribution in [-0.4, -0.2) is 27.9 Å². The van der Waals surface area contributed by atoms with E-state index < -0.39 is 29.6 Å². The van der Waals surface area contributed by atoms with E-state index in [1.165, 1.54) is 7.05 Å². The number of esters is 1. The fourth-order valence-corrected chi connectivity index (χ4v) is 2.24. The summed E-state index contributed by atoms with van der Waals surface area (Å²) >= 11 is 0. The summed E-state index contributed by atoms with van der Waals surface area (Å²) < 4.78 is 5.91. The summed E-state index contributed by atoms with van der Waals surface area (Å²) in [5, 5.41) is 0. The van der Waals surface area contributed by atoms with E-state index in [1.807, 2.05) is 17.1 Å². The molecule has 1 aliphatic rings. The highest BCUT2D eigenvalue weighted by Crippen LogP contribution is 2.19. The molecule has 0 bridgehead atoms. The maximum absolute atomic E-state index is 12.0. The van der Waals surface area contributed by atoms with Crippen molar-refractivity contribution in [3.63, 3.8) is 0 Å². The smallest absolute Gasteiger partial charge is 0.329 e. The summed E-state index contributed by atoms with van der Waals surface area (Å²) in [5.41, 5.74) is 3.63. The Hall–Kier alpha value is -2.64. The summed E-state index contributed by atoms with van der Waals surface area (Å²) in [6, 6.07) is 0. The maximum Gasteiger partial charge on any atom is 0.329 e. The van der Waals surface area contributed by atoms with Gasteiger partial charge in [0, 0.05) is 7.05 Å². The van der Waals surface area contributed by atoms with Gasteiger partial charge in [-0.05, 0) is 19.3 Å². The third kappa shape index (κ3) is 3.16. The second-order valence-electron chi connectivity index (χ2n) is 5.09. The first-order valence-electron chi connectivity index (χ1n) is 6.85. The average Bonchev–Trinajstić information content (AvgIpc) is 2.51. The fourth-order valence-electron chi connectivity index (χ4n) is 2.24. The van der Waals surface area contributed by atoms with E-state index in [-0.39, 0.29) is 17.3 Å². The number of nitrogen functional groups attached to an aromatic ring is 1. The molecule has 2 rings (SSSR count). The van der Waals surface area contributed by atoms with Crippen molar-refractivity contribution in [3.05, 3.63) is 38.6 Å². The van der Waals surface area contributed by atoms with Gasteiger partial charge >= 0.3 is 11.7 Å². The highest BCUT2D eigenvalue weighted by Gasteiger charge is 2.23. The fraction of sp³-hybridized carbons (Fsp3) is 0.429. The van der Waals surface area contributed by atoms with Crippen LogP contribution in [0.4, 0.5) is 5.82 Å². The molecule has 0 radical (unpaired) electrons. The molecule has 1 atom stereocenters. The highest BCUT2D eigenvalue weighted by atomic mass is 16.5. The second-order valence-corrected chi connectivity index (χ2v) is 5.09. The van der Waals surface area contributed by atoms with Gasteiger partial charge in [0.2, 0.25) is 5.78 Å². The molecular weight excluding hydrogens is 290 g/mol.